The molecule has 2 unspecified atom stereocenters. The number of methoxy groups -OCH3 is 2. The first kappa shape index (κ1) is 32.0. The van der Waals surface area contributed by atoms with Crippen molar-refractivity contribution >= 4 is 58.2 Å². The van der Waals surface area contributed by atoms with E-state index in [2.05, 4.69) is 5.32 Å². The average Bonchev–Trinajstić information content (AvgIpc) is 3.51. The molecule has 2 aliphatic rings. The molecule has 0 saturated carbocycles. The number of hydrogen-bond acceptors (Lipinski definition) is 10. The van der Waals surface area contributed by atoms with Gasteiger partial charge < -0.3 is 19.5 Å². The summed E-state index contributed by atoms with van der Waals surface area (Å²) in [5.41, 5.74) is 1.53. The Morgan fingerprint density at radius 3 is 2.28 bits per heavy atom. The maximum atomic E-state index is 14.2. The second-order valence-electron chi connectivity index (χ2n) is 10.6. The number of carbonyl (C=O) groups excluding carboxylic acids is 4. The zero-order valence-electron chi connectivity index (χ0n) is 25.4. The standard InChI is InChI=1S/C33H28FN3O8S2/c1-4-45-32(41)17-5-12-21(13-6-17)37-29(39)26-25(18-7-14-22(43-2)23(15-18)44-3)28-31(46-27(26)30(37)40)36(33(42)47-28)16-24(38)35-20-10-8-19(34)9-11-20/h5-15,25-27H,4,16H2,1-3H3,(H,35,38)/t25-,26?,27?/m1/s1. The maximum absolute atomic E-state index is 14.2. The Kier molecular flexibility index (Phi) is 8.88. The van der Waals surface area contributed by atoms with E-state index < -0.39 is 51.5 Å². The summed E-state index contributed by atoms with van der Waals surface area (Å²) in [5.74, 6) is -3.26. The van der Waals surface area contributed by atoms with E-state index in [-0.39, 0.29) is 24.4 Å². The van der Waals surface area contributed by atoms with Crippen molar-refractivity contribution in [2.75, 3.05) is 31.0 Å². The van der Waals surface area contributed by atoms with E-state index in [1.54, 1.807) is 25.1 Å². The minimum Gasteiger partial charge on any atom is -0.493 e. The van der Waals surface area contributed by atoms with Gasteiger partial charge in [-0.3, -0.25) is 23.7 Å². The molecule has 0 bridgehead atoms. The van der Waals surface area contributed by atoms with Crippen molar-refractivity contribution in [2.24, 2.45) is 5.92 Å². The molecular weight excluding hydrogens is 650 g/mol. The number of ether oxygens (including phenoxy) is 3. The van der Waals surface area contributed by atoms with Crippen molar-refractivity contribution in [1.82, 2.24) is 4.57 Å². The van der Waals surface area contributed by atoms with Gasteiger partial charge in [-0.05, 0) is 73.2 Å². The van der Waals surface area contributed by atoms with Gasteiger partial charge in [0.15, 0.2) is 11.5 Å². The Morgan fingerprint density at radius 1 is 0.915 bits per heavy atom. The molecule has 3 atom stereocenters. The highest BCUT2D eigenvalue weighted by Gasteiger charge is 2.57. The van der Waals surface area contributed by atoms with Gasteiger partial charge in [-0.25, -0.2) is 14.1 Å². The van der Waals surface area contributed by atoms with Gasteiger partial charge in [0.1, 0.15) is 17.6 Å². The van der Waals surface area contributed by atoms with E-state index in [4.69, 9.17) is 14.2 Å². The number of aromatic nitrogens is 1. The number of imide groups is 1. The molecule has 11 nitrogen and oxygen atoms in total. The van der Waals surface area contributed by atoms with Crippen LogP contribution in [0.4, 0.5) is 15.8 Å². The highest BCUT2D eigenvalue weighted by molar-refractivity contribution is 8.00. The van der Waals surface area contributed by atoms with Crippen LogP contribution in [0.3, 0.4) is 0 Å². The molecule has 47 heavy (non-hydrogen) atoms. The van der Waals surface area contributed by atoms with Gasteiger partial charge >= 0.3 is 10.8 Å². The first-order valence-corrected chi connectivity index (χ1v) is 16.2. The largest absolute Gasteiger partial charge is 0.493 e. The average molecular weight is 678 g/mol. The maximum Gasteiger partial charge on any atom is 0.338 e. The Hall–Kier alpha value is -4.95. The lowest BCUT2D eigenvalue weighted by Gasteiger charge is -2.31. The summed E-state index contributed by atoms with van der Waals surface area (Å²) in [6.45, 7) is 1.52. The number of anilines is 2. The lowest BCUT2D eigenvalue weighted by atomic mass is 9.83. The van der Waals surface area contributed by atoms with Crippen molar-refractivity contribution in [1.29, 1.82) is 0 Å². The van der Waals surface area contributed by atoms with Gasteiger partial charge in [0.05, 0.1) is 43.0 Å². The molecule has 0 aliphatic carbocycles. The van der Waals surface area contributed by atoms with E-state index in [0.717, 1.165) is 28.0 Å². The van der Waals surface area contributed by atoms with Gasteiger partial charge in [-0.15, -0.1) is 0 Å². The highest BCUT2D eigenvalue weighted by atomic mass is 32.2. The number of hydrogen-bond donors (Lipinski definition) is 1. The minimum absolute atomic E-state index is 0.199. The van der Waals surface area contributed by atoms with Gasteiger partial charge in [0, 0.05) is 16.5 Å². The van der Waals surface area contributed by atoms with Crippen molar-refractivity contribution in [2.45, 2.75) is 29.7 Å². The number of amides is 3. The lowest BCUT2D eigenvalue weighted by Crippen LogP contribution is -2.33. The van der Waals surface area contributed by atoms with E-state index in [1.165, 1.54) is 67.3 Å². The third-order valence-electron chi connectivity index (χ3n) is 7.88. The van der Waals surface area contributed by atoms with Crippen molar-refractivity contribution < 1.29 is 37.8 Å². The lowest BCUT2D eigenvalue weighted by molar-refractivity contribution is -0.122. The summed E-state index contributed by atoms with van der Waals surface area (Å²) in [6, 6.07) is 16.4. The van der Waals surface area contributed by atoms with E-state index >= 15 is 0 Å². The molecule has 2 aliphatic heterocycles. The Labute approximate surface area is 276 Å². The van der Waals surface area contributed by atoms with Gasteiger partial charge in [-0.2, -0.15) is 0 Å². The SMILES string of the molecule is CCOC(=O)c1ccc(N2C(=O)C3Sc4c(sc(=O)n4CC(=O)Nc4ccc(F)cc4)[C@H](c4ccc(OC)c(OC)c4)C3C2=O)cc1. The number of rotatable bonds is 9. The topological polar surface area (TPSA) is 133 Å². The fourth-order valence-electron chi connectivity index (χ4n) is 5.75. The molecule has 0 radical (unpaired) electrons. The van der Waals surface area contributed by atoms with E-state index in [9.17, 15) is 28.4 Å². The molecular formula is C33H28FN3O8S2. The van der Waals surface area contributed by atoms with Gasteiger partial charge in [0.2, 0.25) is 17.7 Å². The van der Waals surface area contributed by atoms with Gasteiger partial charge in [0.25, 0.3) is 0 Å². The number of carbonyl (C=O) groups is 4. The molecule has 1 aromatic heterocycles. The quantitative estimate of drug-likeness (QED) is 0.198. The normalized spacial score (nSPS) is 18.4. The molecule has 1 N–H and O–H groups in total. The summed E-state index contributed by atoms with van der Waals surface area (Å²) in [7, 11) is 2.98. The Bertz CT molecular complexity index is 1940. The third-order valence-corrected chi connectivity index (χ3v) is 10.5. The van der Waals surface area contributed by atoms with Crippen LogP contribution in [0, 0.1) is 11.7 Å². The van der Waals surface area contributed by atoms with Crippen LogP contribution < -0.4 is 24.6 Å². The molecule has 14 heteroatoms. The summed E-state index contributed by atoms with van der Waals surface area (Å²) in [4.78, 5) is 68.1. The predicted molar refractivity (Wildman–Crippen MR) is 173 cm³/mol. The number of fused-ring (bicyclic) bond motifs is 2. The number of nitrogens with zero attached hydrogens (tertiary/aromatic N) is 2. The summed E-state index contributed by atoms with van der Waals surface area (Å²) in [5, 5.41) is 2.13. The van der Waals surface area contributed by atoms with E-state index in [0.29, 0.717) is 32.7 Å². The van der Waals surface area contributed by atoms with Crippen LogP contribution in [0.25, 0.3) is 0 Å². The van der Waals surface area contributed by atoms with Crippen LogP contribution in [0.2, 0.25) is 0 Å². The monoisotopic (exact) mass is 677 g/mol. The second-order valence-corrected chi connectivity index (χ2v) is 12.7. The molecule has 242 valence electrons. The molecule has 3 heterocycles. The van der Waals surface area contributed by atoms with Crippen LogP contribution in [0.5, 0.6) is 11.5 Å². The predicted octanol–water partition coefficient (Wildman–Crippen LogP) is 4.68. The van der Waals surface area contributed by atoms with Crippen LogP contribution in [-0.4, -0.2) is 54.3 Å². The van der Waals surface area contributed by atoms with Crippen LogP contribution >= 0.6 is 23.1 Å². The Morgan fingerprint density at radius 2 is 1.62 bits per heavy atom. The van der Waals surface area contributed by atoms with Crippen molar-refractivity contribution in [3.63, 3.8) is 0 Å². The fraction of sp³-hybridized carbons (Fsp3) is 0.242. The smallest absolute Gasteiger partial charge is 0.338 e. The Balaban J connectivity index is 1.40. The fourth-order valence-corrected chi connectivity index (χ4v) is 8.53. The van der Waals surface area contributed by atoms with Crippen LogP contribution in [0.1, 0.15) is 33.6 Å². The number of esters is 1. The third kappa shape index (κ3) is 5.89. The number of thiazole rings is 1. The van der Waals surface area contributed by atoms with Crippen molar-refractivity contribution in [3.8, 4) is 11.5 Å². The van der Waals surface area contributed by atoms with E-state index in [1.807, 2.05) is 0 Å². The molecule has 0 spiro atoms. The molecule has 3 aromatic carbocycles. The van der Waals surface area contributed by atoms with Crippen LogP contribution in [-0.2, 0) is 25.7 Å². The summed E-state index contributed by atoms with van der Waals surface area (Å²) >= 11 is 1.97. The summed E-state index contributed by atoms with van der Waals surface area (Å²) < 4.78 is 30.6. The molecule has 6 rings (SSSR count). The summed E-state index contributed by atoms with van der Waals surface area (Å²) in [6.07, 6.45) is 0. The first-order valence-electron chi connectivity index (χ1n) is 14.5. The zero-order chi connectivity index (χ0) is 33.4. The number of benzene rings is 3. The molecule has 1 fully saturated rings. The minimum atomic E-state index is -0.932. The molecule has 1 saturated heterocycles. The zero-order valence-corrected chi connectivity index (χ0v) is 27.0. The highest BCUT2D eigenvalue weighted by Crippen LogP contribution is 2.54. The second kappa shape index (κ2) is 13.0. The van der Waals surface area contributed by atoms with Gasteiger partial charge in [-0.1, -0.05) is 29.2 Å². The van der Waals surface area contributed by atoms with Crippen LogP contribution in [0.15, 0.2) is 76.6 Å². The number of halogens is 1. The molecule has 4 aromatic rings. The van der Waals surface area contributed by atoms with Crippen molar-refractivity contribution in [3.05, 3.63) is 98.2 Å². The number of nitrogens with one attached hydrogen (secondary N) is 1. The molecule has 3 amide bonds. The first-order chi connectivity index (χ1) is 22.6. The number of thioether (sulfide) groups is 1.